The second-order valence-electron chi connectivity index (χ2n) is 16.7. The minimum atomic E-state index is -0.367. The van der Waals surface area contributed by atoms with E-state index in [1.807, 2.05) is 32.0 Å². The summed E-state index contributed by atoms with van der Waals surface area (Å²) in [4.78, 5) is 67.5. The van der Waals surface area contributed by atoms with Gasteiger partial charge in [0.2, 0.25) is 17.7 Å². The fourth-order valence-electron chi connectivity index (χ4n) is 7.66. The molecule has 6 rings (SSSR count). The molecule has 0 saturated carbocycles. The van der Waals surface area contributed by atoms with Crippen molar-refractivity contribution in [2.45, 2.75) is 58.3 Å². The molecule has 2 saturated heterocycles. The van der Waals surface area contributed by atoms with Gasteiger partial charge in [0, 0.05) is 51.0 Å². The number of ether oxygens (including phenoxy) is 6. The van der Waals surface area contributed by atoms with E-state index in [0.717, 1.165) is 75.5 Å². The molecule has 4 amide bonds. The van der Waals surface area contributed by atoms with Crippen LogP contribution in [-0.4, -0.2) is 155 Å². The summed E-state index contributed by atoms with van der Waals surface area (Å²) in [6.45, 7) is 13.6. The van der Waals surface area contributed by atoms with Gasteiger partial charge in [0.25, 0.3) is 5.91 Å². The number of para-hydroxylation sites is 1. The molecule has 2 aliphatic rings. The van der Waals surface area contributed by atoms with Gasteiger partial charge in [-0.25, -0.2) is 15.0 Å². The molecule has 19 nitrogen and oxygen atoms in total. The lowest BCUT2D eigenvalue weighted by Gasteiger charge is -2.35. The zero-order valence-corrected chi connectivity index (χ0v) is 41.7. The number of aromatic nitrogens is 3. The molecule has 0 aliphatic carbocycles. The van der Waals surface area contributed by atoms with Crippen LogP contribution in [0.1, 0.15) is 71.1 Å². The Morgan fingerprint density at radius 2 is 1.41 bits per heavy atom. The molecule has 21 heteroatoms. The highest BCUT2D eigenvalue weighted by atomic mass is 35.5. The summed E-state index contributed by atoms with van der Waals surface area (Å²) >= 11 is 7.54. The van der Waals surface area contributed by atoms with Gasteiger partial charge in [-0.2, -0.15) is 0 Å². The van der Waals surface area contributed by atoms with Crippen LogP contribution in [0, 0.1) is 13.8 Å². The molecule has 0 spiro atoms. The fraction of sp³-hybridized carbons (Fsp3) is 0.531. The average molecular weight is 1010 g/mol. The van der Waals surface area contributed by atoms with Crippen LogP contribution >= 0.6 is 22.9 Å². The minimum Gasteiger partial charge on any atom is -0.379 e. The Hall–Kier alpha value is -5.16. The van der Waals surface area contributed by atoms with Crippen molar-refractivity contribution in [1.29, 1.82) is 0 Å². The maximum Gasteiger partial charge on any atom is 0.267 e. The maximum absolute atomic E-state index is 12.9. The Morgan fingerprint density at radius 3 is 2.07 bits per heavy atom. The Morgan fingerprint density at radius 1 is 0.771 bits per heavy atom. The van der Waals surface area contributed by atoms with Gasteiger partial charge in [-0.05, 0) is 69.0 Å². The molecule has 2 aromatic carbocycles. The number of aryl methyl sites for hydroxylation is 2. The van der Waals surface area contributed by atoms with E-state index in [-0.39, 0.29) is 42.8 Å². The van der Waals surface area contributed by atoms with Gasteiger partial charge in [0.05, 0.1) is 88.9 Å². The normalized spacial score (nSPS) is 15.2. The van der Waals surface area contributed by atoms with Crippen LogP contribution in [-0.2, 0) is 42.8 Å². The van der Waals surface area contributed by atoms with Crippen molar-refractivity contribution < 1.29 is 47.6 Å². The lowest BCUT2D eigenvalue weighted by atomic mass is 9.90. The number of carbonyl (C=O) groups is 4. The Bertz CT molecular complexity index is 2240. The molecule has 4 heterocycles. The van der Waals surface area contributed by atoms with Crippen molar-refractivity contribution in [2.75, 3.05) is 133 Å². The van der Waals surface area contributed by atoms with Crippen LogP contribution in [0.3, 0.4) is 0 Å². The van der Waals surface area contributed by atoms with E-state index in [4.69, 9.17) is 45.0 Å². The van der Waals surface area contributed by atoms with Crippen molar-refractivity contribution in [3.63, 3.8) is 0 Å². The van der Waals surface area contributed by atoms with Crippen LogP contribution in [0.4, 0.5) is 28.1 Å². The number of imide groups is 1. The van der Waals surface area contributed by atoms with Crippen molar-refractivity contribution in [1.82, 2.24) is 25.2 Å². The van der Waals surface area contributed by atoms with Gasteiger partial charge >= 0.3 is 0 Å². The summed E-state index contributed by atoms with van der Waals surface area (Å²) in [5.41, 5.74) is 2.87. The van der Waals surface area contributed by atoms with Gasteiger partial charge in [-0.3, -0.25) is 29.4 Å². The molecule has 2 fully saturated rings. The van der Waals surface area contributed by atoms with Crippen LogP contribution < -0.4 is 26.2 Å². The molecule has 4 N–H and O–H groups in total. The Kier molecular flexibility index (Phi) is 23.1. The first kappa shape index (κ1) is 54.2. The Balaban J connectivity index is 0.676. The minimum absolute atomic E-state index is 0.113. The fourth-order valence-corrected chi connectivity index (χ4v) is 8.64. The molecule has 1 atom stereocenters. The second kappa shape index (κ2) is 29.9. The second-order valence-corrected chi connectivity index (χ2v) is 18.2. The van der Waals surface area contributed by atoms with E-state index in [9.17, 15) is 19.2 Å². The molecule has 0 bridgehead atoms. The SMILES string of the molecule is Cc1nc(Nc2ncc(C(=O)Nc3c(C)cccc3Cl)s2)cc(N2CCN(CCCCCCOCCOCCOCCOCCOCCOCC(=O)Nc3ccc(C4CCC(=O)NC4=O)cc3)CC2)n1. The predicted octanol–water partition coefficient (Wildman–Crippen LogP) is 6.14. The van der Waals surface area contributed by atoms with Crippen LogP contribution in [0.2, 0.25) is 5.02 Å². The smallest absolute Gasteiger partial charge is 0.267 e. The number of unbranched alkanes of at least 4 members (excludes halogenated alkanes) is 3. The summed E-state index contributed by atoms with van der Waals surface area (Å²) < 4.78 is 33.3. The first-order valence-corrected chi connectivity index (χ1v) is 25.1. The number of nitrogens with one attached hydrogen (secondary N) is 4. The third kappa shape index (κ3) is 18.9. The standard InChI is InChI=1S/C49H66ClN9O10S/c1-35-8-7-9-40(50)46(35)57-48(63)41-33-51-49(70-41)55-42-32-43(53-36(2)52-42)59-19-17-58(18-20-59)16-5-3-4-6-21-64-22-23-65-24-25-66-26-27-67-28-29-68-30-31-69-34-45(61)54-38-12-10-37(11-13-38)39-14-15-44(60)56-47(39)62/h7-13,32-33,39H,3-6,14-31,34H2,1-2H3,(H,54,61)(H,57,63)(H,56,60,62)(H,51,52,53,55). The number of hydrogen-bond donors (Lipinski definition) is 4. The highest BCUT2D eigenvalue weighted by Crippen LogP contribution is 2.29. The number of carbonyl (C=O) groups excluding carboxylic acids is 4. The summed E-state index contributed by atoms with van der Waals surface area (Å²) in [6, 6.07) is 14.4. The molecule has 0 radical (unpaired) electrons. The van der Waals surface area contributed by atoms with E-state index in [1.165, 1.54) is 17.8 Å². The summed E-state index contributed by atoms with van der Waals surface area (Å²) in [5, 5.41) is 12.3. The number of hydrogen-bond acceptors (Lipinski definition) is 17. The van der Waals surface area contributed by atoms with Gasteiger partial charge in [0.1, 0.15) is 28.9 Å². The van der Waals surface area contributed by atoms with Crippen LogP contribution in [0.5, 0.6) is 0 Å². The maximum atomic E-state index is 12.9. The third-order valence-electron chi connectivity index (χ3n) is 11.4. The first-order chi connectivity index (χ1) is 34.1. The monoisotopic (exact) mass is 1010 g/mol. The molecule has 4 aromatic rings. The number of halogens is 1. The van der Waals surface area contributed by atoms with E-state index < -0.39 is 0 Å². The molecule has 2 aromatic heterocycles. The van der Waals surface area contributed by atoms with Crippen LogP contribution in [0.25, 0.3) is 0 Å². The molecule has 380 valence electrons. The average Bonchev–Trinajstić information content (AvgIpc) is 3.82. The van der Waals surface area contributed by atoms with Gasteiger partial charge in [0.15, 0.2) is 5.13 Å². The first-order valence-electron chi connectivity index (χ1n) is 23.9. The number of piperazine rings is 1. The number of thiazole rings is 1. The highest BCUT2D eigenvalue weighted by Gasteiger charge is 2.28. The number of benzene rings is 2. The van der Waals surface area contributed by atoms with Crippen molar-refractivity contribution >= 4 is 74.7 Å². The molecule has 70 heavy (non-hydrogen) atoms. The zero-order chi connectivity index (χ0) is 49.3. The zero-order valence-electron chi connectivity index (χ0n) is 40.1. The highest BCUT2D eigenvalue weighted by molar-refractivity contribution is 7.17. The number of nitrogens with zero attached hydrogens (tertiary/aromatic N) is 5. The van der Waals surface area contributed by atoms with Crippen molar-refractivity contribution in [3.05, 3.63) is 81.6 Å². The summed E-state index contributed by atoms with van der Waals surface area (Å²) in [6.07, 6.45) is 6.83. The van der Waals surface area contributed by atoms with Crippen molar-refractivity contribution in [2.24, 2.45) is 0 Å². The number of anilines is 5. The third-order valence-corrected chi connectivity index (χ3v) is 12.6. The molecular weight excluding hydrogens is 942 g/mol. The van der Waals surface area contributed by atoms with E-state index in [2.05, 4.69) is 41.0 Å². The largest absolute Gasteiger partial charge is 0.379 e. The topological polar surface area (TPSA) is 217 Å². The summed E-state index contributed by atoms with van der Waals surface area (Å²) in [7, 11) is 0. The van der Waals surface area contributed by atoms with E-state index >= 15 is 0 Å². The van der Waals surface area contributed by atoms with Crippen molar-refractivity contribution in [3.8, 4) is 0 Å². The van der Waals surface area contributed by atoms with Gasteiger partial charge < -0.3 is 49.3 Å². The number of piperidine rings is 1. The number of amides is 4. The number of rotatable bonds is 31. The van der Waals surface area contributed by atoms with E-state index in [0.29, 0.717) is 110 Å². The predicted molar refractivity (Wildman–Crippen MR) is 269 cm³/mol. The lowest BCUT2D eigenvalue weighted by Crippen LogP contribution is -2.47. The lowest BCUT2D eigenvalue weighted by molar-refractivity contribution is -0.134. The molecule has 1 unspecified atom stereocenters. The Labute approximate surface area is 418 Å². The quantitative estimate of drug-likeness (QED) is 0.0329. The van der Waals surface area contributed by atoms with Gasteiger partial charge in [-0.1, -0.05) is 60.0 Å². The summed E-state index contributed by atoms with van der Waals surface area (Å²) in [5.74, 6) is 0.689. The van der Waals surface area contributed by atoms with Gasteiger partial charge in [-0.15, -0.1) is 0 Å². The van der Waals surface area contributed by atoms with Crippen LogP contribution in [0.15, 0.2) is 54.7 Å². The molecular formula is C49H66ClN9O10S. The molecule has 2 aliphatic heterocycles. The van der Waals surface area contributed by atoms with E-state index in [1.54, 1.807) is 36.5 Å².